The summed E-state index contributed by atoms with van der Waals surface area (Å²) in [5.74, 6) is -1.72. The molecule has 2 aliphatic rings. The highest BCUT2D eigenvalue weighted by Gasteiger charge is 2.49. The molecule has 0 bridgehead atoms. The number of nitrogens with zero attached hydrogens (tertiary/aromatic N) is 2. The number of rotatable bonds is 5. The van der Waals surface area contributed by atoms with Crippen LogP contribution in [0, 0.1) is 0 Å². The lowest BCUT2D eigenvalue weighted by Crippen LogP contribution is -2.43. The molecule has 4 amide bonds. The number of urea groups is 1. The molecule has 4 rings (SSSR count). The highest BCUT2D eigenvalue weighted by Crippen LogP contribution is 2.29. The number of benzene rings is 2. The molecule has 2 aliphatic heterocycles. The first-order valence-corrected chi connectivity index (χ1v) is 10.1. The van der Waals surface area contributed by atoms with Gasteiger partial charge < -0.3 is 15.0 Å². The summed E-state index contributed by atoms with van der Waals surface area (Å²) in [6, 6.07) is 15.7. The van der Waals surface area contributed by atoms with E-state index in [4.69, 9.17) is 4.74 Å². The Bertz CT molecular complexity index is 1050. The molecule has 8 nitrogen and oxygen atoms in total. The van der Waals surface area contributed by atoms with Gasteiger partial charge in [-0.2, -0.15) is 0 Å². The fourth-order valence-electron chi connectivity index (χ4n) is 4.01. The van der Waals surface area contributed by atoms with Crippen LogP contribution in [-0.2, 0) is 31.1 Å². The van der Waals surface area contributed by atoms with Crippen LogP contribution in [0.4, 0.5) is 10.5 Å². The molecular weight excluding hydrogens is 398 g/mol. The van der Waals surface area contributed by atoms with Crippen LogP contribution in [0.3, 0.4) is 0 Å². The van der Waals surface area contributed by atoms with Gasteiger partial charge in [0, 0.05) is 12.2 Å². The molecule has 1 fully saturated rings. The summed E-state index contributed by atoms with van der Waals surface area (Å²) in [5.41, 5.74) is 1.22. The topological polar surface area (TPSA) is 96.0 Å². The zero-order chi connectivity index (χ0) is 22.2. The predicted molar refractivity (Wildman–Crippen MR) is 112 cm³/mol. The van der Waals surface area contributed by atoms with Crippen molar-refractivity contribution in [1.29, 1.82) is 0 Å². The maximum Gasteiger partial charge on any atom is 0.327 e. The second-order valence-electron chi connectivity index (χ2n) is 7.81. The van der Waals surface area contributed by atoms with Crippen LogP contribution in [0.15, 0.2) is 54.6 Å². The standard InChI is InChI=1S/C23H23N3O5/c1-15(20(28)25-13-12-16-8-6-7-11-18(16)25)31-19(27)14-26-21(29)23(2,24-22(26)30)17-9-4-3-5-10-17/h3-11,15H,12-14H2,1-2H3,(H,24,30)/t15-,23+/m0/s1. The maximum absolute atomic E-state index is 12.9. The Labute approximate surface area is 179 Å². The van der Waals surface area contributed by atoms with Crippen LogP contribution in [0.25, 0.3) is 0 Å². The molecule has 2 atom stereocenters. The van der Waals surface area contributed by atoms with Gasteiger partial charge in [0.2, 0.25) is 0 Å². The van der Waals surface area contributed by atoms with E-state index in [0.717, 1.165) is 22.6 Å². The molecule has 1 saturated heterocycles. The predicted octanol–water partition coefficient (Wildman–Crippen LogP) is 1.97. The maximum atomic E-state index is 12.9. The molecule has 0 unspecified atom stereocenters. The van der Waals surface area contributed by atoms with Crippen molar-refractivity contribution < 1.29 is 23.9 Å². The lowest BCUT2D eigenvalue weighted by Gasteiger charge is -2.23. The number of fused-ring (bicyclic) bond motifs is 1. The van der Waals surface area contributed by atoms with E-state index < -0.39 is 36.1 Å². The summed E-state index contributed by atoms with van der Waals surface area (Å²) in [4.78, 5) is 52.9. The normalized spacial score (nSPS) is 21.0. The zero-order valence-corrected chi connectivity index (χ0v) is 17.3. The Balaban J connectivity index is 1.40. The highest BCUT2D eigenvalue weighted by molar-refractivity contribution is 6.09. The van der Waals surface area contributed by atoms with Crippen molar-refractivity contribution in [3.63, 3.8) is 0 Å². The number of imide groups is 1. The second-order valence-corrected chi connectivity index (χ2v) is 7.81. The molecular formula is C23H23N3O5. The molecule has 160 valence electrons. The number of nitrogens with one attached hydrogen (secondary N) is 1. The van der Waals surface area contributed by atoms with E-state index in [1.54, 1.807) is 42.2 Å². The van der Waals surface area contributed by atoms with E-state index >= 15 is 0 Å². The fourth-order valence-corrected chi connectivity index (χ4v) is 4.01. The quantitative estimate of drug-likeness (QED) is 0.588. The van der Waals surface area contributed by atoms with Gasteiger partial charge in [-0.25, -0.2) is 4.79 Å². The van der Waals surface area contributed by atoms with Gasteiger partial charge in [0.25, 0.3) is 11.8 Å². The SMILES string of the molecule is C[C@H](OC(=O)CN1C(=O)N[C@](C)(c2ccccc2)C1=O)C(=O)N1CCc2ccccc21. The van der Waals surface area contributed by atoms with Crippen LogP contribution >= 0.6 is 0 Å². The first kappa shape index (κ1) is 20.6. The number of ether oxygens (including phenoxy) is 1. The van der Waals surface area contributed by atoms with Crippen LogP contribution in [0.5, 0.6) is 0 Å². The molecule has 0 saturated carbocycles. The van der Waals surface area contributed by atoms with Crippen molar-refractivity contribution >= 4 is 29.5 Å². The van der Waals surface area contributed by atoms with Gasteiger partial charge in [0.05, 0.1) is 0 Å². The Hall–Kier alpha value is -3.68. The smallest absolute Gasteiger partial charge is 0.327 e. The van der Waals surface area contributed by atoms with Crippen LogP contribution in [0.2, 0.25) is 0 Å². The van der Waals surface area contributed by atoms with E-state index in [9.17, 15) is 19.2 Å². The van der Waals surface area contributed by atoms with Gasteiger partial charge >= 0.3 is 12.0 Å². The van der Waals surface area contributed by atoms with Crippen LogP contribution in [-0.4, -0.2) is 47.9 Å². The molecule has 31 heavy (non-hydrogen) atoms. The van der Waals surface area contributed by atoms with Gasteiger partial charge in [-0.15, -0.1) is 0 Å². The minimum atomic E-state index is -1.26. The minimum absolute atomic E-state index is 0.343. The van der Waals surface area contributed by atoms with E-state index in [1.807, 2.05) is 24.3 Å². The number of esters is 1. The third-order valence-electron chi connectivity index (χ3n) is 5.72. The average Bonchev–Trinajstić information content (AvgIpc) is 3.29. The van der Waals surface area contributed by atoms with Crippen molar-refractivity contribution in [2.75, 3.05) is 18.0 Å². The zero-order valence-electron chi connectivity index (χ0n) is 17.3. The van der Waals surface area contributed by atoms with Crippen molar-refractivity contribution in [2.45, 2.75) is 31.9 Å². The van der Waals surface area contributed by atoms with Gasteiger partial charge in [-0.3, -0.25) is 19.3 Å². The Kier molecular flexibility index (Phi) is 5.22. The summed E-state index contributed by atoms with van der Waals surface area (Å²) < 4.78 is 5.27. The number of hydrogen-bond donors (Lipinski definition) is 1. The van der Waals surface area contributed by atoms with E-state index in [1.165, 1.54) is 6.92 Å². The van der Waals surface area contributed by atoms with Crippen LogP contribution in [0.1, 0.15) is 25.0 Å². The third kappa shape index (κ3) is 3.65. The monoisotopic (exact) mass is 421 g/mol. The Morgan fingerprint density at radius 3 is 2.52 bits per heavy atom. The summed E-state index contributed by atoms with van der Waals surface area (Å²) in [6.07, 6.45) is -0.303. The minimum Gasteiger partial charge on any atom is -0.451 e. The Morgan fingerprint density at radius 1 is 1.10 bits per heavy atom. The van der Waals surface area contributed by atoms with Gasteiger partial charge in [0.1, 0.15) is 12.1 Å². The number of carbonyl (C=O) groups excluding carboxylic acids is 4. The lowest BCUT2D eigenvalue weighted by atomic mass is 9.92. The molecule has 2 aromatic carbocycles. The highest BCUT2D eigenvalue weighted by atomic mass is 16.5. The van der Waals surface area contributed by atoms with Crippen LogP contribution < -0.4 is 10.2 Å². The number of amides is 4. The number of anilines is 1. The van der Waals surface area contributed by atoms with Gasteiger partial charge in [-0.05, 0) is 37.5 Å². The summed E-state index contributed by atoms with van der Waals surface area (Å²) in [6.45, 7) is 3.02. The van der Waals surface area contributed by atoms with Crippen molar-refractivity contribution in [3.8, 4) is 0 Å². The largest absolute Gasteiger partial charge is 0.451 e. The van der Waals surface area contributed by atoms with E-state index in [2.05, 4.69) is 5.32 Å². The molecule has 2 aromatic rings. The molecule has 0 spiro atoms. The lowest BCUT2D eigenvalue weighted by molar-refractivity contribution is -0.155. The molecule has 8 heteroatoms. The number of para-hydroxylation sites is 1. The van der Waals surface area contributed by atoms with Crippen molar-refractivity contribution in [1.82, 2.24) is 10.2 Å². The average molecular weight is 421 g/mol. The number of hydrogen-bond acceptors (Lipinski definition) is 5. The summed E-state index contributed by atoms with van der Waals surface area (Å²) >= 11 is 0. The molecule has 0 radical (unpaired) electrons. The van der Waals surface area contributed by atoms with Crippen molar-refractivity contribution in [2.24, 2.45) is 0 Å². The molecule has 0 aromatic heterocycles. The molecule has 1 N–H and O–H groups in total. The third-order valence-corrected chi connectivity index (χ3v) is 5.72. The van der Waals surface area contributed by atoms with Gasteiger partial charge in [0.15, 0.2) is 6.10 Å². The molecule has 0 aliphatic carbocycles. The summed E-state index contributed by atoms with van der Waals surface area (Å²) in [7, 11) is 0. The van der Waals surface area contributed by atoms with Crippen molar-refractivity contribution in [3.05, 3.63) is 65.7 Å². The van der Waals surface area contributed by atoms with E-state index in [0.29, 0.717) is 12.1 Å². The first-order chi connectivity index (χ1) is 14.8. The van der Waals surface area contributed by atoms with E-state index in [-0.39, 0.29) is 5.91 Å². The van der Waals surface area contributed by atoms with Gasteiger partial charge in [-0.1, -0.05) is 48.5 Å². The Morgan fingerprint density at radius 2 is 1.77 bits per heavy atom. The summed E-state index contributed by atoms with van der Waals surface area (Å²) in [5, 5.41) is 2.64. The second kappa shape index (κ2) is 7.86. The number of carbonyl (C=O) groups is 4. The first-order valence-electron chi connectivity index (χ1n) is 10.1. The molecule has 2 heterocycles. The fraction of sp³-hybridized carbons (Fsp3) is 0.304.